The lowest BCUT2D eigenvalue weighted by atomic mass is 9.95. The molecule has 118 valence electrons. The summed E-state index contributed by atoms with van der Waals surface area (Å²) in [6.07, 6.45) is 0. The summed E-state index contributed by atoms with van der Waals surface area (Å²) in [5, 5.41) is 9.01. The highest BCUT2D eigenvalue weighted by Gasteiger charge is 2.26. The molecule has 1 aromatic rings. The highest BCUT2D eigenvalue weighted by Crippen LogP contribution is 2.21. The summed E-state index contributed by atoms with van der Waals surface area (Å²) in [6, 6.07) is 1.50. The van der Waals surface area contributed by atoms with Crippen molar-refractivity contribution in [3.63, 3.8) is 0 Å². The monoisotopic (exact) mass is 295 g/mol. The quantitative estimate of drug-likeness (QED) is 0.903. The van der Waals surface area contributed by atoms with Crippen LogP contribution in [-0.4, -0.2) is 35.0 Å². The van der Waals surface area contributed by atoms with Gasteiger partial charge in [-0.15, -0.1) is 0 Å². The Morgan fingerprint density at radius 3 is 2.29 bits per heavy atom. The predicted molar refractivity (Wildman–Crippen MR) is 80.6 cm³/mol. The Kier molecular flexibility index (Phi) is 5.20. The summed E-state index contributed by atoms with van der Waals surface area (Å²) < 4.78 is 5.22. The number of hydrogen-bond acceptors (Lipinski definition) is 3. The zero-order valence-corrected chi connectivity index (χ0v) is 13.7. The number of aromatic carboxylic acids is 1. The molecule has 1 N–H and O–H groups in total. The molecule has 1 rings (SSSR count). The smallest absolute Gasteiger partial charge is 0.372 e. The van der Waals surface area contributed by atoms with Gasteiger partial charge in [0.05, 0.1) is 0 Å². The molecule has 0 unspecified atom stereocenters. The number of carbonyl (C=O) groups excluding carboxylic acids is 1. The molecule has 5 nitrogen and oxygen atoms in total. The van der Waals surface area contributed by atoms with Gasteiger partial charge in [-0.1, -0.05) is 34.6 Å². The number of nitrogens with zero attached hydrogens (tertiary/aromatic N) is 1. The summed E-state index contributed by atoms with van der Waals surface area (Å²) in [7, 11) is 0. The topological polar surface area (TPSA) is 70.8 Å². The summed E-state index contributed by atoms with van der Waals surface area (Å²) in [4.78, 5) is 25.3. The van der Waals surface area contributed by atoms with Crippen LogP contribution >= 0.6 is 0 Å². The van der Waals surface area contributed by atoms with Crippen LogP contribution < -0.4 is 0 Å². The number of amides is 1. The molecule has 0 aromatic carbocycles. The second-order valence-corrected chi connectivity index (χ2v) is 7.07. The molecule has 1 heterocycles. The highest BCUT2D eigenvalue weighted by molar-refractivity contribution is 5.94. The van der Waals surface area contributed by atoms with Gasteiger partial charge in [0, 0.05) is 18.7 Å². The van der Waals surface area contributed by atoms with Gasteiger partial charge in [-0.05, 0) is 24.3 Å². The van der Waals surface area contributed by atoms with E-state index in [2.05, 4.69) is 20.8 Å². The SMILES string of the molecule is Cc1cc(C(=O)N(CC(C)C)CC(C)(C)C)oc1C(=O)O. The first-order valence-corrected chi connectivity index (χ1v) is 7.14. The minimum atomic E-state index is -1.15. The highest BCUT2D eigenvalue weighted by atomic mass is 16.4. The summed E-state index contributed by atoms with van der Waals surface area (Å²) >= 11 is 0. The fraction of sp³-hybridized carbons (Fsp3) is 0.625. The predicted octanol–water partition coefficient (Wildman–Crippen LogP) is 3.43. The Balaban J connectivity index is 3.04. The van der Waals surface area contributed by atoms with Gasteiger partial charge in [-0.3, -0.25) is 4.79 Å². The molecule has 5 heteroatoms. The second kappa shape index (κ2) is 6.33. The van der Waals surface area contributed by atoms with Crippen LogP contribution in [0.1, 0.15) is 61.3 Å². The fourth-order valence-corrected chi connectivity index (χ4v) is 2.19. The minimum absolute atomic E-state index is 0.0399. The van der Waals surface area contributed by atoms with E-state index < -0.39 is 5.97 Å². The van der Waals surface area contributed by atoms with Crippen LogP contribution in [0.15, 0.2) is 10.5 Å². The van der Waals surface area contributed by atoms with Gasteiger partial charge in [-0.25, -0.2) is 4.79 Å². The molecule has 0 radical (unpaired) electrons. The zero-order valence-electron chi connectivity index (χ0n) is 13.7. The number of hydrogen-bond donors (Lipinski definition) is 1. The number of furan rings is 1. The van der Waals surface area contributed by atoms with Crippen LogP contribution in [0.25, 0.3) is 0 Å². The number of rotatable bonds is 5. The molecule has 0 spiro atoms. The maximum Gasteiger partial charge on any atom is 0.372 e. The van der Waals surface area contributed by atoms with Gasteiger partial charge >= 0.3 is 5.97 Å². The molecule has 0 aliphatic heterocycles. The lowest BCUT2D eigenvalue weighted by molar-refractivity contribution is 0.0616. The molecule has 0 fully saturated rings. The lowest BCUT2D eigenvalue weighted by Gasteiger charge is -2.30. The van der Waals surface area contributed by atoms with E-state index >= 15 is 0 Å². The largest absolute Gasteiger partial charge is 0.475 e. The van der Waals surface area contributed by atoms with Crippen molar-refractivity contribution in [1.29, 1.82) is 0 Å². The molecular formula is C16H25NO4. The molecule has 1 aromatic heterocycles. The van der Waals surface area contributed by atoms with Gasteiger partial charge in [0.15, 0.2) is 5.76 Å². The van der Waals surface area contributed by atoms with Crippen molar-refractivity contribution in [3.8, 4) is 0 Å². The van der Waals surface area contributed by atoms with Gasteiger partial charge in [-0.2, -0.15) is 0 Å². The van der Waals surface area contributed by atoms with Gasteiger partial charge in [0.25, 0.3) is 5.91 Å². The lowest BCUT2D eigenvalue weighted by Crippen LogP contribution is -2.39. The van der Waals surface area contributed by atoms with Gasteiger partial charge in [0.1, 0.15) is 0 Å². The first kappa shape index (κ1) is 17.3. The summed E-state index contributed by atoms with van der Waals surface area (Å²) in [6.45, 7) is 13.1. The molecule has 21 heavy (non-hydrogen) atoms. The second-order valence-electron chi connectivity index (χ2n) is 7.07. The van der Waals surface area contributed by atoms with Gasteiger partial charge in [0.2, 0.25) is 5.76 Å². The van der Waals surface area contributed by atoms with E-state index in [9.17, 15) is 9.59 Å². The standard InChI is InChI=1S/C16H25NO4/c1-10(2)8-17(9-16(4,5)6)14(18)12-7-11(3)13(21-12)15(19)20/h7,10H,8-9H2,1-6H3,(H,19,20). The van der Waals surface area contributed by atoms with E-state index in [0.717, 1.165) is 0 Å². The molecular weight excluding hydrogens is 270 g/mol. The van der Waals surface area contributed by atoms with Crippen molar-refractivity contribution in [3.05, 3.63) is 23.2 Å². The van der Waals surface area contributed by atoms with Crippen LogP contribution in [0.5, 0.6) is 0 Å². The number of aryl methyl sites for hydroxylation is 1. The molecule has 0 aliphatic rings. The maximum atomic E-state index is 12.6. The van der Waals surface area contributed by atoms with Crippen LogP contribution in [0.4, 0.5) is 0 Å². The maximum absolute atomic E-state index is 12.6. The number of carboxylic acid groups (broad SMARTS) is 1. The Morgan fingerprint density at radius 2 is 1.90 bits per heavy atom. The van der Waals surface area contributed by atoms with E-state index in [1.807, 2.05) is 13.8 Å². The molecule has 0 aliphatic carbocycles. The third kappa shape index (κ3) is 4.92. The Bertz CT molecular complexity index is 523. The third-order valence-corrected chi connectivity index (χ3v) is 2.86. The number of carbonyl (C=O) groups is 2. The van der Waals surface area contributed by atoms with Crippen molar-refractivity contribution >= 4 is 11.9 Å². The van der Waals surface area contributed by atoms with Crippen molar-refractivity contribution in [2.45, 2.75) is 41.5 Å². The van der Waals surface area contributed by atoms with Crippen LogP contribution in [-0.2, 0) is 0 Å². The zero-order chi connectivity index (χ0) is 16.4. The first-order valence-electron chi connectivity index (χ1n) is 7.14. The average Bonchev–Trinajstić information content (AvgIpc) is 2.67. The van der Waals surface area contributed by atoms with Crippen molar-refractivity contribution < 1.29 is 19.1 Å². The molecule has 0 bridgehead atoms. The normalized spacial score (nSPS) is 11.8. The Labute approximate surface area is 125 Å². The van der Waals surface area contributed by atoms with E-state index in [-0.39, 0.29) is 22.8 Å². The summed E-state index contributed by atoms with van der Waals surface area (Å²) in [5.74, 6) is -1.16. The molecule has 0 saturated heterocycles. The molecule has 0 saturated carbocycles. The van der Waals surface area contributed by atoms with Gasteiger partial charge < -0.3 is 14.4 Å². The van der Waals surface area contributed by atoms with Crippen LogP contribution in [0.2, 0.25) is 0 Å². The van der Waals surface area contributed by atoms with Crippen molar-refractivity contribution in [2.75, 3.05) is 13.1 Å². The van der Waals surface area contributed by atoms with E-state index in [4.69, 9.17) is 9.52 Å². The average molecular weight is 295 g/mol. The van der Waals surface area contributed by atoms with Crippen LogP contribution in [0, 0.1) is 18.3 Å². The molecule has 1 amide bonds. The van der Waals surface area contributed by atoms with E-state index in [1.165, 1.54) is 6.07 Å². The molecule has 0 atom stereocenters. The van der Waals surface area contributed by atoms with Crippen molar-refractivity contribution in [2.24, 2.45) is 11.3 Å². The fourth-order valence-electron chi connectivity index (χ4n) is 2.19. The van der Waals surface area contributed by atoms with Crippen molar-refractivity contribution in [1.82, 2.24) is 4.90 Å². The summed E-state index contributed by atoms with van der Waals surface area (Å²) in [5.41, 5.74) is 0.424. The minimum Gasteiger partial charge on any atom is -0.475 e. The van der Waals surface area contributed by atoms with Crippen LogP contribution in [0.3, 0.4) is 0 Å². The Morgan fingerprint density at radius 1 is 1.33 bits per heavy atom. The first-order chi connectivity index (χ1) is 9.51. The third-order valence-electron chi connectivity index (χ3n) is 2.86. The number of carboxylic acids is 1. The van der Waals surface area contributed by atoms with E-state index in [0.29, 0.717) is 24.6 Å². The Hall–Kier alpha value is -1.78. The van der Waals surface area contributed by atoms with E-state index in [1.54, 1.807) is 11.8 Å².